The van der Waals surface area contributed by atoms with Crippen molar-refractivity contribution in [3.05, 3.63) is 71.8 Å². The zero-order valence-corrected chi connectivity index (χ0v) is 15.9. The molecule has 2 N–H and O–H groups in total. The molecule has 2 aromatic rings. The molecule has 2 saturated heterocycles. The third kappa shape index (κ3) is 4.39. The highest BCUT2D eigenvalue weighted by atomic mass is 16.5. The second kappa shape index (κ2) is 8.34. The summed E-state index contributed by atoms with van der Waals surface area (Å²) in [4.78, 5) is 39.1. The van der Waals surface area contributed by atoms with Gasteiger partial charge >= 0.3 is 6.09 Å². The van der Waals surface area contributed by atoms with E-state index in [0.29, 0.717) is 19.4 Å². The third-order valence-electron chi connectivity index (χ3n) is 5.32. The molecular formula is C22H23N3O4. The lowest BCUT2D eigenvalue weighted by Crippen LogP contribution is -2.61. The molecule has 0 aliphatic carbocycles. The molecule has 4 rings (SSSR count). The van der Waals surface area contributed by atoms with E-state index >= 15 is 0 Å². The fourth-order valence-corrected chi connectivity index (χ4v) is 3.88. The van der Waals surface area contributed by atoms with Gasteiger partial charge < -0.3 is 20.3 Å². The van der Waals surface area contributed by atoms with Crippen LogP contribution in [-0.4, -0.2) is 47.5 Å². The summed E-state index contributed by atoms with van der Waals surface area (Å²) in [5.41, 5.74) is 1.88. The third-order valence-corrected chi connectivity index (χ3v) is 5.32. The van der Waals surface area contributed by atoms with Crippen LogP contribution in [0.5, 0.6) is 0 Å². The van der Waals surface area contributed by atoms with E-state index < -0.39 is 18.2 Å². The van der Waals surface area contributed by atoms with Crippen molar-refractivity contribution in [3.63, 3.8) is 0 Å². The van der Waals surface area contributed by atoms with E-state index in [1.54, 1.807) is 4.90 Å². The van der Waals surface area contributed by atoms with E-state index in [1.807, 2.05) is 60.7 Å². The zero-order valence-electron chi connectivity index (χ0n) is 15.9. The number of amides is 3. The number of carbonyl (C=O) groups is 3. The van der Waals surface area contributed by atoms with Crippen LogP contribution in [0.4, 0.5) is 4.79 Å². The summed E-state index contributed by atoms with van der Waals surface area (Å²) < 4.78 is 5.24. The number of hydrogen-bond acceptors (Lipinski definition) is 4. The summed E-state index contributed by atoms with van der Waals surface area (Å²) >= 11 is 0. The maximum Gasteiger partial charge on any atom is 0.407 e. The number of carbonyl (C=O) groups excluding carboxylic acids is 3. The fraction of sp³-hybridized carbons (Fsp3) is 0.318. The standard InChI is InChI=1S/C22H23N3O4/c26-20-19-12-17(23-22(28)29-14-16-9-5-2-6-10-16)13-25(19)21(27)18(24-20)11-15-7-3-1-4-8-15/h1-10,17-19H,11-14H2,(H,23,28)(H,24,26)/t17-,18+,19-/m0/s1. The van der Waals surface area contributed by atoms with Crippen LogP contribution in [0.1, 0.15) is 17.5 Å². The zero-order chi connectivity index (χ0) is 20.2. The molecule has 29 heavy (non-hydrogen) atoms. The van der Waals surface area contributed by atoms with Gasteiger partial charge in [-0.2, -0.15) is 0 Å². The Labute approximate surface area is 169 Å². The minimum Gasteiger partial charge on any atom is -0.445 e. The lowest BCUT2D eigenvalue weighted by atomic mass is 10.0. The minimum absolute atomic E-state index is 0.111. The number of piperazine rings is 1. The molecule has 2 aliphatic rings. The quantitative estimate of drug-likeness (QED) is 0.808. The summed E-state index contributed by atoms with van der Waals surface area (Å²) in [5, 5.41) is 5.61. The number of hydrogen-bond donors (Lipinski definition) is 2. The lowest BCUT2D eigenvalue weighted by molar-refractivity contribution is -0.147. The van der Waals surface area contributed by atoms with E-state index in [-0.39, 0.29) is 24.5 Å². The predicted molar refractivity (Wildman–Crippen MR) is 106 cm³/mol. The lowest BCUT2D eigenvalue weighted by Gasteiger charge is -2.34. The number of ether oxygens (including phenoxy) is 1. The molecule has 3 atom stereocenters. The Hall–Kier alpha value is -3.35. The largest absolute Gasteiger partial charge is 0.445 e. The summed E-state index contributed by atoms with van der Waals surface area (Å²) in [6.45, 7) is 0.480. The molecule has 2 heterocycles. The molecule has 2 fully saturated rings. The van der Waals surface area contributed by atoms with Crippen LogP contribution < -0.4 is 10.6 Å². The van der Waals surface area contributed by atoms with Gasteiger partial charge in [-0.25, -0.2) is 4.79 Å². The van der Waals surface area contributed by atoms with Crippen LogP contribution in [0, 0.1) is 0 Å². The first-order chi connectivity index (χ1) is 14.1. The van der Waals surface area contributed by atoms with Crippen LogP contribution in [0.15, 0.2) is 60.7 Å². The molecule has 150 valence electrons. The first kappa shape index (κ1) is 19.0. The molecule has 3 amide bonds. The normalized spacial score (nSPS) is 23.3. The van der Waals surface area contributed by atoms with Crippen molar-refractivity contribution >= 4 is 17.9 Å². The smallest absolute Gasteiger partial charge is 0.407 e. The Kier molecular flexibility index (Phi) is 5.46. The second-order valence-electron chi connectivity index (χ2n) is 7.40. The van der Waals surface area contributed by atoms with Crippen LogP contribution in [0.3, 0.4) is 0 Å². The maximum atomic E-state index is 12.9. The van der Waals surface area contributed by atoms with Gasteiger partial charge in [0.25, 0.3) is 0 Å². The number of rotatable bonds is 5. The first-order valence-corrected chi connectivity index (χ1v) is 9.72. The van der Waals surface area contributed by atoms with Gasteiger partial charge in [0.15, 0.2) is 0 Å². The van der Waals surface area contributed by atoms with E-state index in [2.05, 4.69) is 10.6 Å². The number of nitrogens with zero attached hydrogens (tertiary/aromatic N) is 1. The number of benzene rings is 2. The average Bonchev–Trinajstić information content (AvgIpc) is 3.16. The highest BCUT2D eigenvalue weighted by Gasteiger charge is 2.46. The minimum atomic E-state index is -0.579. The first-order valence-electron chi connectivity index (χ1n) is 9.72. The van der Waals surface area contributed by atoms with E-state index in [1.165, 1.54) is 0 Å². The van der Waals surface area contributed by atoms with Crippen LogP contribution in [0.25, 0.3) is 0 Å². The molecule has 7 nitrogen and oxygen atoms in total. The van der Waals surface area contributed by atoms with E-state index in [0.717, 1.165) is 11.1 Å². The van der Waals surface area contributed by atoms with E-state index in [9.17, 15) is 14.4 Å². The summed E-state index contributed by atoms with van der Waals surface area (Å²) in [5.74, 6) is -0.284. The predicted octanol–water partition coefficient (Wildman–Crippen LogP) is 1.62. The van der Waals surface area contributed by atoms with Gasteiger partial charge in [-0.1, -0.05) is 60.7 Å². The molecule has 0 saturated carbocycles. The SMILES string of the molecule is O=C(N[C@H]1C[C@H]2C(=O)N[C@H](Cc3ccccc3)C(=O)N2C1)OCc1ccccc1. The molecule has 0 unspecified atom stereocenters. The second-order valence-corrected chi connectivity index (χ2v) is 7.40. The molecular weight excluding hydrogens is 370 g/mol. The highest BCUT2D eigenvalue weighted by molar-refractivity contribution is 5.97. The van der Waals surface area contributed by atoms with Gasteiger partial charge in [0.2, 0.25) is 11.8 Å². The Morgan fingerprint density at radius 1 is 1.03 bits per heavy atom. The molecule has 2 aromatic carbocycles. The van der Waals surface area contributed by atoms with Crippen LogP contribution >= 0.6 is 0 Å². The van der Waals surface area contributed by atoms with Crippen LogP contribution in [0.2, 0.25) is 0 Å². The highest BCUT2D eigenvalue weighted by Crippen LogP contribution is 2.24. The van der Waals surface area contributed by atoms with Crippen molar-refractivity contribution in [2.45, 2.75) is 37.6 Å². The van der Waals surface area contributed by atoms with Crippen LogP contribution in [-0.2, 0) is 27.4 Å². The Bertz CT molecular complexity index is 887. The Balaban J connectivity index is 1.33. The molecule has 0 radical (unpaired) electrons. The Morgan fingerprint density at radius 2 is 1.69 bits per heavy atom. The monoisotopic (exact) mass is 393 g/mol. The number of nitrogens with one attached hydrogen (secondary N) is 2. The molecule has 0 bridgehead atoms. The van der Waals surface area contributed by atoms with Crippen molar-refractivity contribution in [1.82, 2.24) is 15.5 Å². The van der Waals surface area contributed by atoms with Crippen molar-refractivity contribution in [2.75, 3.05) is 6.54 Å². The van der Waals surface area contributed by atoms with Crippen molar-refractivity contribution in [2.24, 2.45) is 0 Å². The number of alkyl carbamates (subject to hydrolysis) is 1. The van der Waals surface area contributed by atoms with E-state index in [4.69, 9.17) is 4.74 Å². The van der Waals surface area contributed by atoms with Gasteiger partial charge in [0, 0.05) is 13.0 Å². The molecule has 2 aliphatic heterocycles. The number of fused-ring (bicyclic) bond motifs is 1. The van der Waals surface area contributed by atoms with Gasteiger partial charge in [-0.15, -0.1) is 0 Å². The van der Waals surface area contributed by atoms with Crippen molar-refractivity contribution in [3.8, 4) is 0 Å². The van der Waals surface area contributed by atoms with Crippen molar-refractivity contribution in [1.29, 1.82) is 0 Å². The summed E-state index contributed by atoms with van der Waals surface area (Å²) in [7, 11) is 0. The fourth-order valence-electron chi connectivity index (χ4n) is 3.88. The Morgan fingerprint density at radius 3 is 2.38 bits per heavy atom. The van der Waals surface area contributed by atoms with Gasteiger partial charge in [0.05, 0.1) is 6.04 Å². The van der Waals surface area contributed by atoms with Gasteiger partial charge in [-0.3, -0.25) is 9.59 Å². The van der Waals surface area contributed by atoms with Gasteiger partial charge in [0.1, 0.15) is 18.7 Å². The maximum absolute atomic E-state index is 12.9. The molecule has 0 spiro atoms. The van der Waals surface area contributed by atoms with Crippen molar-refractivity contribution < 1.29 is 19.1 Å². The summed E-state index contributed by atoms with van der Waals surface area (Å²) in [6.07, 6.45) is 0.287. The topological polar surface area (TPSA) is 87.7 Å². The summed E-state index contributed by atoms with van der Waals surface area (Å²) in [6, 6.07) is 17.5. The van der Waals surface area contributed by atoms with Gasteiger partial charge in [-0.05, 0) is 17.5 Å². The molecule has 0 aromatic heterocycles. The average molecular weight is 393 g/mol. The molecule has 7 heteroatoms.